The van der Waals surface area contributed by atoms with Gasteiger partial charge in [0, 0.05) is 29.9 Å². The zero-order chi connectivity index (χ0) is 17.1. The van der Waals surface area contributed by atoms with Gasteiger partial charge in [-0.05, 0) is 37.8 Å². The van der Waals surface area contributed by atoms with Crippen molar-refractivity contribution in [3.05, 3.63) is 46.2 Å². The third-order valence-corrected chi connectivity index (χ3v) is 5.88. The Hall–Kier alpha value is -1.34. The summed E-state index contributed by atoms with van der Waals surface area (Å²) in [5.41, 5.74) is 2.05. The number of ether oxygens (including phenoxy) is 2. The van der Waals surface area contributed by atoms with Crippen molar-refractivity contribution >= 4 is 11.3 Å². The first kappa shape index (κ1) is 17.1. The van der Waals surface area contributed by atoms with Crippen LogP contribution >= 0.6 is 11.3 Å². The van der Waals surface area contributed by atoms with E-state index in [4.69, 9.17) is 9.47 Å². The molecule has 2 aromatic heterocycles. The van der Waals surface area contributed by atoms with Gasteiger partial charge in [-0.2, -0.15) is 0 Å². The molecular formula is C19H25N3O2S. The number of pyridine rings is 1. The van der Waals surface area contributed by atoms with Crippen LogP contribution in [0.2, 0.25) is 0 Å². The quantitative estimate of drug-likeness (QED) is 0.793. The standard InChI is InChI=1S/C19H25N3O2S/c1-14-3-2-4-16(21-14)13-23-12-15-9-17-18(10-15)24-7-6-22(17)11-19-20-5-8-25-19/h2-5,8,15,17-18H,6-7,9-13H2,1H3/t15?,17-,18-/m0/s1. The third kappa shape index (κ3) is 4.26. The first-order valence-corrected chi connectivity index (χ1v) is 9.90. The average Bonchev–Trinajstić information content (AvgIpc) is 3.25. The van der Waals surface area contributed by atoms with Crippen LogP contribution in [0.3, 0.4) is 0 Å². The molecular weight excluding hydrogens is 334 g/mol. The van der Waals surface area contributed by atoms with Gasteiger partial charge < -0.3 is 9.47 Å². The van der Waals surface area contributed by atoms with Crippen LogP contribution in [-0.2, 0) is 22.6 Å². The molecule has 0 amide bonds. The molecule has 1 saturated carbocycles. The summed E-state index contributed by atoms with van der Waals surface area (Å²) in [6, 6.07) is 6.58. The average molecular weight is 359 g/mol. The predicted octanol–water partition coefficient (Wildman–Crippen LogP) is 3.04. The van der Waals surface area contributed by atoms with Gasteiger partial charge in [-0.1, -0.05) is 6.07 Å². The summed E-state index contributed by atoms with van der Waals surface area (Å²) in [5, 5.41) is 3.25. The second-order valence-electron chi connectivity index (χ2n) is 7.00. The highest BCUT2D eigenvalue weighted by molar-refractivity contribution is 7.09. The molecule has 0 N–H and O–H groups in total. The van der Waals surface area contributed by atoms with Gasteiger partial charge in [0.05, 0.1) is 38.2 Å². The monoisotopic (exact) mass is 359 g/mol. The van der Waals surface area contributed by atoms with Crippen LogP contribution in [0.5, 0.6) is 0 Å². The first-order valence-electron chi connectivity index (χ1n) is 9.02. The van der Waals surface area contributed by atoms with E-state index in [1.165, 1.54) is 5.01 Å². The fraction of sp³-hybridized carbons (Fsp3) is 0.579. The van der Waals surface area contributed by atoms with Crippen molar-refractivity contribution in [3.8, 4) is 0 Å². The van der Waals surface area contributed by atoms with E-state index in [0.29, 0.717) is 24.7 Å². The number of hydrogen-bond acceptors (Lipinski definition) is 6. The highest BCUT2D eigenvalue weighted by Gasteiger charge is 2.41. The molecule has 1 saturated heterocycles. The number of nitrogens with zero attached hydrogens (tertiary/aromatic N) is 3. The van der Waals surface area contributed by atoms with Gasteiger partial charge in [-0.3, -0.25) is 9.88 Å². The van der Waals surface area contributed by atoms with E-state index in [0.717, 1.165) is 50.5 Å². The summed E-state index contributed by atoms with van der Waals surface area (Å²) in [5.74, 6) is 0.566. The molecule has 3 heterocycles. The number of aromatic nitrogens is 2. The smallest absolute Gasteiger partial charge is 0.107 e. The summed E-state index contributed by atoms with van der Waals surface area (Å²) in [7, 11) is 0. The Morgan fingerprint density at radius 3 is 3.16 bits per heavy atom. The van der Waals surface area contributed by atoms with Crippen molar-refractivity contribution in [3.63, 3.8) is 0 Å². The minimum absolute atomic E-state index is 0.347. The summed E-state index contributed by atoms with van der Waals surface area (Å²) >= 11 is 1.74. The van der Waals surface area contributed by atoms with E-state index in [1.807, 2.05) is 31.3 Å². The van der Waals surface area contributed by atoms with Crippen LogP contribution in [0.15, 0.2) is 29.8 Å². The third-order valence-electron chi connectivity index (χ3n) is 5.12. The van der Waals surface area contributed by atoms with Gasteiger partial charge in [-0.25, -0.2) is 4.98 Å². The van der Waals surface area contributed by atoms with Crippen molar-refractivity contribution in [2.45, 2.75) is 45.1 Å². The molecule has 0 spiro atoms. The van der Waals surface area contributed by atoms with Gasteiger partial charge >= 0.3 is 0 Å². The Labute approximate surface area is 153 Å². The topological polar surface area (TPSA) is 47.5 Å². The van der Waals surface area contributed by atoms with Crippen LogP contribution < -0.4 is 0 Å². The lowest BCUT2D eigenvalue weighted by Gasteiger charge is -2.37. The number of morpholine rings is 1. The number of fused-ring (bicyclic) bond motifs is 1. The van der Waals surface area contributed by atoms with E-state index in [9.17, 15) is 0 Å². The Morgan fingerprint density at radius 2 is 2.32 bits per heavy atom. The molecule has 2 aromatic rings. The van der Waals surface area contributed by atoms with Crippen LogP contribution in [0.4, 0.5) is 0 Å². The zero-order valence-corrected chi connectivity index (χ0v) is 15.5. The first-order chi connectivity index (χ1) is 12.3. The lowest BCUT2D eigenvalue weighted by atomic mass is 10.1. The predicted molar refractivity (Wildman–Crippen MR) is 97.4 cm³/mol. The molecule has 1 unspecified atom stereocenters. The Balaban J connectivity index is 1.29. The van der Waals surface area contributed by atoms with E-state index < -0.39 is 0 Å². The minimum Gasteiger partial charge on any atom is -0.375 e. The number of hydrogen-bond donors (Lipinski definition) is 0. The number of rotatable bonds is 6. The van der Waals surface area contributed by atoms with Gasteiger partial charge in [0.1, 0.15) is 5.01 Å². The summed E-state index contributed by atoms with van der Waals surface area (Å²) in [4.78, 5) is 11.5. The largest absolute Gasteiger partial charge is 0.375 e. The normalized spacial score (nSPS) is 26.7. The molecule has 5 nitrogen and oxygen atoms in total. The second kappa shape index (κ2) is 7.91. The summed E-state index contributed by atoms with van der Waals surface area (Å²) < 4.78 is 12.0. The van der Waals surface area contributed by atoms with Crippen molar-refractivity contribution in [2.75, 3.05) is 19.8 Å². The van der Waals surface area contributed by atoms with Crippen LogP contribution in [0.1, 0.15) is 29.2 Å². The fourth-order valence-corrected chi connectivity index (χ4v) is 4.61. The molecule has 2 fully saturated rings. The zero-order valence-electron chi connectivity index (χ0n) is 14.6. The van der Waals surface area contributed by atoms with Crippen LogP contribution in [-0.4, -0.2) is 46.8 Å². The molecule has 0 radical (unpaired) electrons. The molecule has 3 atom stereocenters. The van der Waals surface area contributed by atoms with E-state index in [-0.39, 0.29) is 0 Å². The molecule has 1 aliphatic carbocycles. The molecule has 1 aliphatic heterocycles. The maximum atomic E-state index is 6.04. The molecule has 4 rings (SSSR count). The number of thiazole rings is 1. The molecule has 0 bridgehead atoms. The molecule has 2 aliphatic rings. The van der Waals surface area contributed by atoms with Gasteiger partial charge in [0.25, 0.3) is 0 Å². The van der Waals surface area contributed by atoms with Crippen molar-refractivity contribution in [2.24, 2.45) is 5.92 Å². The van der Waals surface area contributed by atoms with Crippen LogP contribution in [0.25, 0.3) is 0 Å². The van der Waals surface area contributed by atoms with Gasteiger partial charge in [0.2, 0.25) is 0 Å². The maximum Gasteiger partial charge on any atom is 0.107 e. The SMILES string of the molecule is Cc1cccc(COCC2C[C@@H]3OCCN(Cc4nccs4)[C@H]3C2)n1. The molecule has 0 aromatic carbocycles. The van der Waals surface area contributed by atoms with Crippen molar-refractivity contribution in [1.29, 1.82) is 0 Å². The molecule has 25 heavy (non-hydrogen) atoms. The maximum absolute atomic E-state index is 6.04. The summed E-state index contributed by atoms with van der Waals surface area (Å²) in [6.45, 7) is 6.17. The number of aryl methyl sites for hydroxylation is 1. The highest BCUT2D eigenvalue weighted by Crippen LogP contribution is 2.35. The Kier molecular flexibility index (Phi) is 5.41. The van der Waals surface area contributed by atoms with Crippen LogP contribution in [0, 0.1) is 12.8 Å². The lowest BCUT2D eigenvalue weighted by molar-refractivity contribution is -0.0591. The summed E-state index contributed by atoms with van der Waals surface area (Å²) in [6.07, 6.45) is 4.49. The minimum atomic E-state index is 0.347. The lowest BCUT2D eigenvalue weighted by Crippen LogP contribution is -2.47. The second-order valence-corrected chi connectivity index (χ2v) is 7.97. The van der Waals surface area contributed by atoms with E-state index >= 15 is 0 Å². The van der Waals surface area contributed by atoms with Gasteiger partial charge in [0.15, 0.2) is 0 Å². The molecule has 6 heteroatoms. The van der Waals surface area contributed by atoms with E-state index in [1.54, 1.807) is 11.3 Å². The molecule has 134 valence electrons. The highest BCUT2D eigenvalue weighted by atomic mass is 32.1. The van der Waals surface area contributed by atoms with Gasteiger partial charge in [-0.15, -0.1) is 11.3 Å². The Morgan fingerprint density at radius 1 is 1.36 bits per heavy atom. The van der Waals surface area contributed by atoms with E-state index in [2.05, 4.69) is 20.2 Å². The van der Waals surface area contributed by atoms with Crippen molar-refractivity contribution < 1.29 is 9.47 Å². The fourth-order valence-electron chi connectivity index (χ4n) is 3.97. The van der Waals surface area contributed by atoms with Crippen molar-refractivity contribution in [1.82, 2.24) is 14.9 Å². The Bertz CT molecular complexity index is 679.